The summed E-state index contributed by atoms with van der Waals surface area (Å²) in [6.45, 7) is 1.92. The van der Waals surface area contributed by atoms with E-state index in [2.05, 4.69) is 20.0 Å². The minimum absolute atomic E-state index is 0.261. The van der Waals surface area contributed by atoms with E-state index in [1.807, 2.05) is 20.2 Å². The Labute approximate surface area is 107 Å². The highest BCUT2D eigenvalue weighted by molar-refractivity contribution is 5.48. The Bertz CT molecular complexity index is 398. The molecule has 2 heterocycles. The molecule has 6 heteroatoms. The predicted molar refractivity (Wildman–Crippen MR) is 70.2 cm³/mol. The summed E-state index contributed by atoms with van der Waals surface area (Å²) in [4.78, 5) is 4.24. The summed E-state index contributed by atoms with van der Waals surface area (Å²) in [5, 5.41) is 18.0. The standard InChI is InChI=1S/C12H21N5O/c1-16(2)7-10-5-11(18)8-17(10)12-9(6-13)3-4-14-15-12/h3-4,10-11,18H,5-8,13H2,1-2H3. The van der Waals surface area contributed by atoms with Crippen LogP contribution in [0.3, 0.4) is 0 Å². The Morgan fingerprint density at radius 2 is 2.33 bits per heavy atom. The summed E-state index contributed by atoms with van der Waals surface area (Å²) < 4.78 is 0. The quantitative estimate of drug-likeness (QED) is 0.746. The van der Waals surface area contributed by atoms with Gasteiger partial charge in [0.15, 0.2) is 5.82 Å². The maximum Gasteiger partial charge on any atom is 0.156 e. The van der Waals surface area contributed by atoms with Gasteiger partial charge < -0.3 is 20.6 Å². The van der Waals surface area contributed by atoms with Gasteiger partial charge in [-0.3, -0.25) is 0 Å². The van der Waals surface area contributed by atoms with Crippen molar-refractivity contribution in [2.45, 2.75) is 25.1 Å². The van der Waals surface area contributed by atoms with Gasteiger partial charge in [0.05, 0.1) is 12.3 Å². The Kier molecular flexibility index (Phi) is 4.11. The van der Waals surface area contributed by atoms with Gasteiger partial charge in [0.1, 0.15) is 0 Å². The number of nitrogens with zero attached hydrogens (tertiary/aromatic N) is 4. The van der Waals surface area contributed by atoms with Crippen LogP contribution in [-0.2, 0) is 6.54 Å². The Hall–Kier alpha value is -1.24. The molecule has 18 heavy (non-hydrogen) atoms. The minimum Gasteiger partial charge on any atom is -0.391 e. The lowest BCUT2D eigenvalue weighted by Crippen LogP contribution is -2.38. The third-order valence-electron chi connectivity index (χ3n) is 3.24. The number of aromatic nitrogens is 2. The molecule has 1 fully saturated rings. The van der Waals surface area contributed by atoms with Crippen molar-refractivity contribution in [3.05, 3.63) is 17.8 Å². The van der Waals surface area contributed by atoms with Crippen LogP contribution in [0.2, 0.25) is 0 Å². The predicted octanol–water partition coefficient (Wildman–Crippen LogP) is -0.563. The second-order valence-corrected chi connectivity index (χ2v) is 5.04. The van der Waals surface area contributed by atoms with Gasteiger partial charge in [-0.15, -0.1) is 5.10 Å². The van der Waals surface area contributed by atoms with E-state index in [0.29, 0.717) is 13.1 Å². The van der Waals surface area contributed by atoms with E-state index < -0.39 is 0 Å². The van der Waals surface area contributed by atoms with Crippen molar-refractivity contribution in [1.82, 2.24) is 15.1 Å². The summed E-state index contributed by atoms with van der Waals surface area (Å²) in [7, 11) is 4.06. The molecule has 1 aliphatic heterocycles. The van der Waals surface area contributed by atoms with Crippen molar-refractivity contribution in [1.29, 1.82) is 0 Å². The van der Waals surface area contributed by atoms with Crippen LogP contribution < -0.4 is 10.6 Å². The average molecular weight is 251 g/mol. The van der Waals surface area contributed by atoms with Crippen molar-refractivity contribution in [3.63, 3.8) is 0 Å². The maximum atomic E-state index is 9.87. The summed E-state index contributed by atoms with van der Waals surface area (Å²) >= 11 is 0. The third-order valence-corrected chi connectivity index (χ3v) is 3.24. The highest BCUT2D eigenvalue weighted by Crippen LogP contribution is 2.26. The molecule has 100 valence electrons. The molecule has 3 N–H and O–H groups in total. The lowest BCUT2D eigenvalue weighted by Gasteiger charge is -2.28. The summed E-state index contributed by atoms with van der Waals surface area (Å²) in [5.41, 5.74) is 6.71. The van der Waals surface area contributed by atoms with Gasteiger partial charge in [-0.25, -0.2) is 0 Å². The van der Waals surface area contributed by atoms with E-state index in [0.717, 1.165) is 24.3 Å². The van der Waals surface area contributed by atoms with Gasteiger partial charge in [0.2, 0.25) is 0 Å². The summed E-state index contributed by atoms with van der Waals surface area (Å²) in [5.74, 6) is 0.809. The Balaban J connectivity index is 2.24. The molecule has 0 bridgehead atoms. The number of hydrogen-bond acceptors (Lipinski definition) is 6. The van der Waals surface area contributed by atoms with Gasteiger partial charge in [0.25, 0.3) is 0 Å². The first kappa shape index (κ1) is 13.2. The first-order chi connectivity index (χ1) is 8.61. The van der Waals surface area contributed by atoms with Crippen LogP contribution in [0.4, 0.5) is 5.82 Å². The lowest BCUT2D eigenvalue weighted by molar-refractivity contribution is 0.191. The van der Waals surface area contributed by atoms with E-state index in [9.17, 15) is 5.11 Å². The fourth-order valence-electron chi connectivity index (χ4n) is 2.50. The van der Waals surface area contributed by atoms with Crippen LogP contribution >= 0.6 is 0 Å². The van der Waals surface area contributed by atoms with E-state index >= 15 is 0 Å². The smallest absolute Gasteiger partial charge is 0.156 e. The number of hydrogen-bond donors (Lipinski definition) is 2. The first-order valence-electron chi connectivity index (χ1n) is 6.22. The third kappa shape index (κ3) is 2.77. The largest absolute Gasteiger partial charge is 0.391 e. The van der Waals surface area contributed by atoms with Gasteiger partial charge in [-0.05, 0) is 26.6 Å². The molecule has 0 amide bonds. The molecule has 0 aromatic carbocycles. The monoisotopic (exact) mass is 251 g/mol. The molecular weight excluding hydrogens is 230 g/mol. The molecule has 0 radical (unpaired) electrons. The molecule has 1 aromatic heterocycles. The second kappa shape index (κ2) is 5.60. The van der Waals surface area contributed by atoms with Crippen molar-refractivity contribution in [2.75, 3.05) is 32.1 Å². The molecule has 2 rings (SSSR count). The zero-order valence-corrected chi connectivity index (χ0v) is 11.0. The van der Waals surface area contributed by atoms with Gasteiger partial charge >= 0.3 is 0 Å². The summed E-state index contributed by atoms with van der Waals surface area (Å²) in [6.07, 6.45) is 2.11. The maximum absolute atomic E-state index is 9.87. The van der Waals surface area contributed by atoms with Crippen LogP contribution in [0.25, 0.3) is 0 Å². The number of nitrogens with two attached hydrogens (primary N) is 1. The molecule has 2 atom stereocenters. The van der Waals surface area contributed by atoms with Gasteiger partial charge in [-0.2, -0.15) is 5.10 Å². The zero-order valence-electron chi connectivity index (χ0n) is 11.0. The molecule has 0 aliphatic carbocycles. The second-order valence-electron chi connectivity index (χ2n) is 5.04. The minimum atomic E-state index is -0.303. The van der Waals surface area contributed by atoms with E-state index in [-0.39, 0.29) is 12.1 Å². The fourth-order valence-corrected chi connectivity index (χ4v) is 2.50. The number of aliphatic hydroxyl groups is 1. The van der Waals surface area contributed by atoms with E-state index in [1.165, 1.54) is 0 Å². The van der Waals surface area contributed by atoms with Crippen LogP contribution in [0.15, 0.2) is 12.3 Å². The highest BCUT2D eigenvalue weighted by atomic mass is 16.3. The number of rotatable bonds is 4. The van der Waals surface area contributed by atoms with Crippen molar-refractivity contribution in [2.24, 2.45) is 5.73 Å². The van der Waals surface area contributed by atoms with Gasteiger partial charge in [0, 0.05) is 31.2 Å². The topological polar surface area (TPSA) is 78.5 Å². The average Bonchev–Trinajstić information content (AvgIpc) is 2.69. The van der Waals surface area contributed by atoms with Crippen LogP contribution in [-0.4, -0.2) is 59.5 Å². The molecule has 0 spiro atoms. The Morgan fingerprint density at radius 1 is 1.56 bits per heavy atom. The fraction of sp³-hybridized carbons (Fsp3) is 0.667. The van der Waals surface area contributed by atoms with Gasteiger partial charge in [-0.1, -0.05) is 0 Å². The van der Waals surface area contributed by atoms with Crippen molar-refractivity contribution >= 4 is 5.82 Å². The van der Waals surface area contributed by atoms with Crippen molar-refractivity contribution < 1.29 is 5.11 Å². The molecule has 6 nitrogen and oxygen atoms in total. The normalized spacial score (nSPS) is 23.9. The van der Waals surface area contributed by atoms with E-state index in [4.69, 9.17) is 5.73 Å². The molecular formula is C12H21N5O. The summed E-state index contributed by atoms with van der Waals surface area (Å²) in [6, 6.07) is 2.15. The lowest BCUT2D eigenvalue weighted by atomic mass is 10.2. The van der Waals surface area contributed by atoms with Crippen molar-refractivity contribution in [3.8, 4) is 0 Å². The molecule has 1 aliphatic rings. The van der Waals surface area contributed by atoms with E-state index in [1.54, 1.807) is 6.20 Å². The number of β-amino-alcohol motifs (C(OH)–C–C–N with tert-alkyl or cyclic N) is 1. The molecule has 2 unspecified atom stereocenters. The number of aliphatic hydroxyl groups excluding tert-OH is 1. The number of likely N-dealkylation sites (N-methyl/N-ethyl adjacent to an activating group) is 1. The molecule has 1 saturated heterocycles. The number of anilines is 1. The molecule has 0 saturated carbocycles. The Morgan fingerprint density at radius 3 is 3.00 bits per heavy atom. The SMILES string of the molecule is CN(C)CC1CC(O)CN1c1nnccc1CN. The van der Waals surface area contributed by atoms with Crippen LogP contribution in [0.5, 0.6) is 0 Å². The molecule has 1 aromatic rings. The highest BCUT2D eigenvalue weighted by Gasteiger charge is 2.33. The first-order valence-corrected chi connectivity index (χ1v) is 6.22. The zero-order chi connectivity index (χ0) is 13.1. The van der Waals surface area contributed by atoms with Crippen LogP contribution in [0.1, 0.15) is 12.0 Å². The van der Waals surface area contributed by atoms with Crippen LogP contribution in [0, 0.1) is 0 Å².